The van der Waals surface area contributed by atoms with E-state index in [1.165, 1.54) is 0 Å². The van der Waals surface area contributed by atoms with Crippen LogP contribution in [-0.2, 0) is 69.9 Å². The summed E-state index contributed by atoms with van der Waals surface area (Å²) >= 11 is 0. The first-order valence-corrected chi connectivity index (χ1v) is 0. The van der Waals surface area contributed by atoms with Crippen molar-refractivity contribution in [2.75, 3.05) is 0 Å². The molecule has 0 rings (SSSR count). The first-order chi connectivity index (χ1) is 0. The van der Waals surface area contributed by atoms with Crippen LogP contribution in [0.15, 0.2) is 0 Å². The first kappa shape index (κ1) is 28.8. The predicted octanol–water partition coefficient (Wildman–Crippen LogP) is -0.388. The molecule has 16 valence electrons. The van der Waals surface area contributed by atoms with E-state index < -0.39 is 0 Å². The zero-order valence-corrected chi connectivity index (χ0v) is 10.5. The summed E-state index contributed by atoms with van der Waals surface area (Å²) in [5, 5.41) is 0. The molecule has 0 saturated carbocycles. The summed E-state index contributed by atoms with van der Waals surface area (Å²) in [6.45, 7) is 0. The smallest absolute Gasteiger partial charge is 0 e. The normalized spacial score (nSPS) is 0. The van der Waals surface area contributed by atoms with Crippen molar-refractivity contribution in [3.05, 3.63) is 0 Å². The Labute approximate surface area is 85.8 Å². The molecule has 0 bridgehead atoms. The molecule has 4 radical (unpaired) electrons. The van der Waals surface area contributed by atoms with Crippen LogP contribution in [0.3, 0.4) is 0 Å². The van der Waals surface area contributed by atoms with E-state index in [0.717, 1.165) is 0 Å². The monoisotopic (exact) mass is 348 g/mol. The molecular weight excluding hydrogens is 346 g/mol. The van der Waals surface area contributed by atoms with Crippen molar-refractivity contribution >= 4 is 17.4 Å². The van der Waals surface area contributed by atoms with E-state index in [9.17, 15) is 0 Å². The Bertz CT molecular complexity index is 8.00. The van der Waals surface area contributed by atoms with E-state index in [-0.39, 0.29) is 87.3 Å². The quantitative estimate of drug-likeness (QED) is 0.525. The van der Waals surface area contributed by atoms with Crippen LogP contribution in [0.25, 0.3) is 0 Å². The molecule has 0 fully saturated rings. The van der Waals surface area contributed by atoms with Crippen molar-refractivity contribution in [2.45, 2.75) is 0 Å². The maximum absolute atomic E-state index is 0. The third-order valence-electron chi connectivity index (χ3n) is 0. The Morgan fingerprint density at radius 3 is 1.00 bits per heavy atom. The molecule has 0 aliphatic carbocycles. The zero-order chi connectivity index (χ0) is 0. The van der Waals surface area contributed by atoms with Gasteiger partial charge in [-0.2, -0.15) is 0 Å². The average molecular weight is 346 g/mol. The molecule has 0 spiro atoms. The van der Waals surface area contributed by atoms with Gasteiger partial charge < -0.3 is 0 Å². The Morgan fingerprint density at radius 2 is 1.00 bits per heavy atom. The van der Waals surface area contributed by atoms with Gasteiger partial charge in [-0.1, -0.05) is 0 Å². The third-order valence-corrected chi connectivity index (χ3v) is 0. The van der Waals surface area contributed by atoms with Crippen LogP contribution in [0, 0.1) is 0 Å². The minimum Gasteiger partial charge on any atom is 0 e. The van der Waals surface area contributed by atoms with Gasteiger partial charge in [-0.15, -0.1) is 0 Å². The van der Waals surface area contributed by atoms with E-state index in [2.05, 4.69) is 0 Å². The summed E-state index contributed by atoms with van der Waals surface area (Å²) in [6, 6.07) is 0. The molecule has 0 aliphatic heterocycles. The van der Waals surface area contributed by atoms with Crippen molar-refractivity contribution in [2.24, 2.45) is 0 Å². The molecule has 4 heteroatoms. The first-order valence-electron chi connectivity index (χ1n) is 0. The summed E-state index contributed by atoms with van der Waals surface area (Å²) in [6.07, 6.45) is 0. The van der Waals surface area contributed by atoms with Gasteiger partial charge in [-0.05, 0) is 0 Å². The minimum atomic E-state index is 0. The second kappa shape index (κ2) is 16.9. The summed E-state index contributed by atoms with van der Waals surface area (Å²) in [4.78, 5) is 0. The molecule has 0 aliphatic rings. The van der Waals surface area contributed by atoms with Gasteiger partial charge >= 0.3 is 0 Å². The Balaban J connectivity index is 0. The van der Waals surface area contributed by atoms with Crippen LogP contribution in [0.2, 0.25) is 0 Å². The Hall–Kier alpha value is 2.86. The van der Waals surface area contributed by atoms with E-state index in [1.807, 2.05) is 0 Å². The molecule has 4 heavy (non-hydrogen) atoms. The topological polar surface area (TPSA) is 0 Å². The van der Waals surface area contributed by atoms with Crippen LogP contribution in [0.4, 0.5) is 0 Å². The summed E-state index contributed by atoms with van der Waals surface area (Å²) in [5.41, 5.74) is 0. The van der Waals surface area contributed by atoms with Crippen molar-refractivity contribution in [1.82, 2.24) is 0 Å². The number of hydrogen-bond donors (Lipinski definition) is 0. The van der Waals surface area contributed by atoms with Crippen LogP contribution in [-0.4, -0.2) is 17.4 Å². The van der Waals surface area contributed by atoms with Crippen LogP contribution in [0.5, 0.6) is 0 Å². The van der Waals surface area contributed by atoms with Gasteiger partial charge in [-0.3, -0.25) is 0 Å². The van der Waals surface area contributed by atoms with E-state index in [0.29, 0.717) is 0 Å². The fourth-order valence-corrected chi connectivity index (χ4v) is 0. The average Bonchev–Trinajstić information content (AvgIpc) is 0. The van der Waals surface area contributed by atoms with Gasteiger partial charge in [0.2, 0.25) is 0 Å². The van der Waals surface area contributed by atoms with Crippen LogP contribution >= 0.6 is 0 Å². The molecule has 0 unspecified atom stereocenters. The van der Waals surface area contributed by atoms with Gasteiger partial charge in [0.25, 0.3) is 0 Å². The molecule has 0 heterocycles. The molecule has 0 atom stereocenters. The van der Waals surface area contributed by atoms with Gasteiger partial charge in [-0.25, -0.2) is 0 Å². The molecule has 0 aromatic heterocycles. The van der Waals surface area contributed by atoms with Crippen LogP contribution in [0.1, 0.15) is 0 Å². The molecule has 0 amide bonds. The fourth-order valence-electron chi connectivity index (χ4n) is 0. The standard InChI is InChI=1S/Al.Hf.Nb.Ti. The number of hydrogen-bond acceptors (Lipinski definition) is 0. The maximum Gasteiger partial charge on any atom is 0 e. The second-order valence-electron chi connectivity index (χ2n) is 0. The largest absolute Gasteiger partial charge is 0 e. The Morgan fingerprint density at radius 1 is 1.00 bits per heavy atom. The van der Waals surface area contributed by atoms with E-state index in [1.54, 1.807) is 0 Å². The minimum absolute atomic E-state index is 0. The summed E-state index contributed by atoms with van der Waals surface area (Å²) in [7, 11) is 0. The second-order valence-corrected chi connectivity index (χ2v) is 0. The van der Waals surface area contributed by atoms with Crippen molar-refractivity contribution < 1.29 is 69.9 Å². The molecule has 0 aromatic carbocycles. The molecule has 0 N–H and O–H groups in total. The SMILES string of the molecule is [Al].[Hf].[Nb].[Ti]. The van der Waals surface area contributed by atoms with Crippen molar-refractivity contribution in [3.63, 3.8) is 0 Å². The van der Waals surface area contributed by atoms with Crippen LogP contribution < -0.4 is 0 Å². The van der Waals surface area contributed by atoms with Gasteiger partial charge in [0, 0.05) is 87.3 Å². The Kier molecular flexibility index (Phi) is 122. The predicted molar refractivity (Wildman–Crippen MR) is 5.75 cm³/mol. The molecule has 0 saturated heterocycles. The maximum atomic E-state index is 0. The molecule has 0 aromatic rings. The van der Waals surface area contributed by atoms with Crippen molar-refractivity contribution in [1.29, 1.82) is 0 Å². The summed E-state index contributed by atoms with van der Waals surface area (Å²) in [5.74, 6) is 0. The third kappa shape index (κ3) is 8.85. The van der Waals surface area contributed by atoms with E-state index >= 15 is 0 Å². The van der Waals surface area contributed by atoms with Gasteiger partial charge in [0.05, 0.1) is 0 Å². The number of rotatable bonds is 0. The van der Waals surface area contributed by atoms with Gasteiger partial charge in [0.1, 0.15) is 0 Å². The molecule has 0 nitrogen and oxygen atoms in total. The fraction of sp³-hybridized carbons (Fsp3) is 0. The van der Waals surface area contributed by atoms with E-state index in [4.69, 9.17) is 0 Å². The zero-order valence-electron chi connectivity index (χ0n) is 2.02. The molecular formula is AlHfNbTi. The van der Waals surface area contributed by atoms with Crippen molar-refractivity contribution in [3.8, 4) is 0 Å². The van der Waals surface area contributed by atoms with Gasteiger partial charge in [0.15, 0.2) is 0 Å². The summed E-state index contributed by atoms with van der Waals surface area (Å²) < 4.78 is 0.